The summed E-state index contributed by atoms with van der Waals surface area (Å²) in [7, 11) is -1.67. The van der Waals surface area contributed by atoms with E-state index in [1.54, 1.807) is 18.2 Å². The van der Waals surface area contributed by atoms with Crippen LogP contribution in [0.1, 0.15) is 32.8 Å². The van der Waals surface area contributed by atoms with Gasteiger partial charge in [0.05, 0.1) is 24.8 Å². The number of halogens is 3. The third kappa shape index (κ3) is 8.10. The zero-order chi connectivity index (χ0) is 31.9. The monoisotopic (exact) mass is 653 g/mol. The van der Waals surface area contributed by atoms with Gasteiger partial charge in [-0.15, -0.1) is 0 Å². The summed E-state index contributed by atoms with van der Waals surface area (Å²) in [6.45, 7) is 4.35. The molecule has 43 heavy (non-hydrogen) atoms. The second-order valence-electron chi connectivity index (χ2n) is 9.72. The molecule has 2 atom stereocenters. The van der Waals surface area contributed by atoms with E-state index in [0.717, 1.165) is 16.4 Å². The van der Waals surface area contributed by atoms with Gasteiger partial charge in [-0.25, -0.2) is 12.8 Å². The van der Waals surface area contributed by atoms with Crippen LogP contribution >= 0.6 is 23.2 Å². The molecule has 3 aromatic carbocycles. The summed E-state index contributed by atoms with van der Waals surface area (Å²) in [5.74, 6) is -1.31. The number of ether oxygens (including phenoxy) is 2. The summed E-state index contributed by atoms with van der Waals surface area (Å²) < 4.78 is 53.3. The van der Waals surface area contributed by atoms with E-state index < -0.39 is 40.2 Å². The molecule has 1 N–H and O–H groups in total. The van der Waals surface area contributed by atoms with E-state index in [-0.39, 0.29) is 39.0 Å². The molecule has 0 radical (unpaired) electrons. The molecule has 2 amide bonds. The Morgan fingerprint density at radius 2 is 1.56 bits per heavy atom. The number of carbonyl (C=O) groups is 2. The van der Waals surface area contributed by atoms with Crippen molar-refractivity contribution in [1.29, 1.82) is 0 Å². The van der Waals surface area contributed by atoms with Crippen molar-refractivity contribution in [2.24, 2.45) is 0 Å². The highest BCUT2D eigenvalue weighted by molar-refractivity contribution is 7.92. The van der Waals surface area contributed by atoms with E-state index >= 15 is 0 Å². The molecule has 9 nitrogen and oxygen atoms in total. The van der Waals surface area contributed by atoms with Gasteiger partial charge >= 0.3 is 0 Å². The van der Waals surface area contributed by atoms with Crippen molar-refractivity contribution in [2.45, 2.75) is 50.7 Å². The molecule has 0 fully saturated rings. The third-order valence-electron chi connectivity index (χ3n) is 6.89. The zero-order valence-corrected chi connectivity index (χ0v) is 26.8. The van der Waals surface area contributed by atoms with E-state index in [0.29, 0.717) is 17.7 Å². The number of anilines is 1. The van der Waals surface area contributed by atoms with Gasteiger partial charge in [0.2, 0.25) is 11.8 Å². The minimum absolute atomic E-state index is 0.0250. The molecule has 0 aromatic heterocycles. The Kier molecular flexibility index (Phi) is 11.7. The SMILES string of the molecule is CC[C@H](C)NC(=O)[C@H](C)N(Cc1c(Cl)cccc1Cl)C(=O)CN(c1ccc(F)cc1)S(=O)(=O)c1ccc(OC)c(OC)c1. The average molecular weight is 655 g/mol. The number of rotatable bonds is 13. The number of nitrogens with zero attached hydrogens (tertiary/aromatic N) is 2. The number of benzene rings is 3. The van der Waals surface area contributed by atoms with Crippen molar-refractivity contribution in [2.75, 3.05) is 25.1 Å². The highest BCUT2D eigenvalue weighted by Crippen LogP contribution is 2.33. The van der Waals surface area contributed by atoms with E-state index in [9.17, 15) is 22.4 Å². The Hall–Kier alpha value is -3.54. The molecule has 0 saturated heterocycles. The summed E-state index contributed by atoms with van der Waals surface area (Å²) >= 11 is 12.8. The van der Waals surface area contributed by atoms with Crippen LogP contribution in [0.15, 0.2) is 65.6 Å². The quantitative estimate of drug-likeness (QED) is 0.255. The maximum absolute atomic E-state index is 14.1. The largest absolute Gasteiger partial charge is 0.493 e. The average Bonchev–Trinajstić information content (AvgIpc) is 2.99. The van der Waals surface area contributed by atoms with Gasteiger partial charge < -0.3 is 19.7 Å². The lowest BCUT2D eigenvalue weighted by Crippen LogP contribution is -2.52. The second-order valence-corrected chi connectivity index (χ2v) is 12.4. The van der Waals surface area contributed by atoms with Gasteiger partial charge in [0.25, 0.3) is 10.0 Å². The van der Waals surface area contributed by atoms with Crippen molar-refractivity contribution in [1.82, 2.24) is 10.2 Å². The Labute approximate surface area is 261 Å². The number of nitrogens with one attached hydrogen (secondary N) is 1. The van der Waals surface area contributed by atoms with Crippen molar-refractivity contribution in [3.63, 3.8) is 0 Å². The summed E-state index contributed by atoms with van der Waals surface area (Å²) in [5.41, 5.74) is 0.412. The Bertz CT molecular complexity index is 1540. The number of hydrogen-bond acceptors (Lipinski definition) is 6. The van der Waals surface area contributed by atoms with Gasteiger partial charge in [0.1, 0.15) is 18.4 Å². The van der Waals surface area contributed by atoms with Gasteiger partial charge in [-0.1, -0.05) is 36.2 Å². The molecule has 0 unspecified atom stereocenters. The first-order valence-electron chi connectivity index (χ1n) is 13.4. The van der Waals surface area contributed by atoms with Crippen molar-refractivity contribution < 1.29 is 31.9 Å². The molecular weight excluding hydrogens is 620 g/mol. The minimum Gasteiger partial charge on any atom is -0.493 e. The fourth-order valence-corrected chi connectivity index (χ4v) is 6.09. The first-order chi connectivity index (χ1) is 20.3. The third-order valence-corrected chi connectivity index (χ3v) is 9.37. The summed E-state index contributed by atoms with van der Waals surface area (Å²) in [6, 6.07) is 12.3. The Balaban J connectivity index is 2.10. The zero-order valence-electron chi connectivity index (χ0n) is 24.4. The Morgan fingerprint density at radius 1 is 0.953 bits per heavy atom. The lowest BCUT2D eigenvalue weighted by molar-refractivity contribution is -0.139. The summed E-state index contributed by atoms with van der Waals surface area (Å²) in [6.07, 6.45) is 0.657. The Morgan fingerprint density at radius 3 is 2.12 bits per heavy atom. The topological polar surface area (TPSA) is 105 Å². The molecule has 0 saturated carbocycles. The first-order valence-corrected chi connectivity index (χ1v) is 15.6. The second kappa shape index (κ2) is 14.8. The van der Waals surface area contributed by atoms with Crippen molar-refractivity contribution in [3.8, 4) is 11.5 Å². The molecule has 0 aliphatic carbocycles. The van der Waals surface area contributed by atoms with Crippen LogP contribution in [0.4, 0.5) is 10.1 Å². The normalized spacial score (nSPS) is 12.7. The van der Waals surface area contributed by atoms with Crippen LogP contribution in [-0.2, 0) is 26.2 Å². The predicted octanol–water partition coefficient (Wildman–Crippen LogP) is 5.68. The molecule has 0 aliphatic heterocycles. The van der Waals surface area contributed by atoms with Gasteiger partial charge in [0.15, 0.2) is 11.5 Å². The smallest absolute Gasteiger partial charge is 0.264 e. The van der Waals surface area contributed by atoms with Gasteiger partial charge in [-0.2, -0.15) is 0 Å². The molecule has 3 rings (SSSR count). The number of methoxy groups -OCH3 is 2. The number of amides is 2. The van der Waals surface area contributed by atoms with Gasteiger partial charge in [-0.3, -0.25) is 13.9 Å². The maximum Gasteiger partial charge on any atom is 0.264 e. The fraction of sp³-hybridized carbons (Fsp3) is 0.333. The predicted molar refractivity (Wildman–Crippen MR) is 165 cm³/mol. The first kappa shape index (κ1) is 34.0. The van der Waals surface area contributed by atoms with Crippen LogP contribution in [0.25, 0.3) is 0 Å². The van der Waals surface area contributed by atoms with Gasteiger partial charge in [-0.05, 0) is 68.8 Å². The fourth-order valence-electron chi connectivity index (χ4n) is 4.14. The maximum atomic E-state index is 14.1. The molecule has 13 heteroatoms. The van der Waals surface area contributed by atoms with Crippen LogP contribution in [0.5, 0.6) is 11.5 Å². The van der Waals surface area contributed by atoms with Crippen molar-refractivity contribution >= 4 is 50.7 Å². The number of hydrogen-bond donors (Lipinski definition) is 1. The van der Waals surface area contributed by atoms with E-state index in [1.165, 1.54) is 56.4 Å². The highest BCUT2D eigenvalue weighted by Gasteiger charge is 2.34. The molecule has 0 bridgehead atoms. The summed E-state index contributed by atoms with van der Waals surface area (Å²) in [5, 5.41) is 3.40. The van der Waals surface area contributed by atoms with E-state index in [4.69, 9.17) is 32.7 Å². The van der Waals surface area contributed by atoms with Crippen molar-refractivity contribution in [3.05, 3.63) is 82.1 Å². The van der Waals surface area contributed by atoms with Crippen LogP contribution in [0.3, 0.4) is 0 Å². The van der Waals surface area contributed by atoms with E-state index in [2.05, 4.69) is 5.32 Å². The molecule has 3 aromatic rings. The lowest BCUT2D eigenvalue weighted by Gasteiger charge is -2.33. The lowest BCUT2D eigenvalue weighted by atomic mass is 10.1. The van der Waals surface area contributed by atoms with Crippen LogP contribution in [-0.4, -0.2) is 58.0 Å². The van der Waals surface area contributed by atoms with Crippen LogP contribution in [0.2, 0.25) is 10.0 Å². The van der Waals surface area contributed by atoms with Crippen LogP contribution in [0, 0.1) is 5.82 Å². The minimum atomic E-state index is -4.44. The van der Waals surface area contributed by atoms with Crippen LogP contribution < -0.4 is 19.1 Å². The molecule has 0 spiro atoms. The molecule has 0 aliphatic rings. The number of carbonyl (C=O) groups excluding carboxylic acids is 2. The molecule has 232 valence electrons. The molecule has 0 heterocycles. The molecular formula is C30H34Cl2FN3O6S. The standard InChI is InChI=1S/C30H34Cl2FN3O6S/c1-6-19(2)34-30(38)20(3)35(17-24-25(31)8-7-9-26(24)32)29(37)18-36(22-12-10-21(33)11-13-22)43(39,40)23-14-15-27(41-4)28(16-23)42-5/h7-16,19-20H,6,17-18H2,1-5H3,(H,34,38)/t19-,20-/m0/s1. The highest BCUT2D eigenvalue weighted by atomic mass is 35.5. The summed E-state index contributed by atoms with van der Waals surface area (Å²) in [4.78, 5) is 28.3. The number of sulfonamides is 1. The van der Waals surface area contributed by atoms with E-state index in [1.807, 2.05) is 13.8 Å². The van der Waals surface area contributed by atoms with Gasteiger partial charge in [0, 0.05) is 34.3 Å².